The lowest BCUT2D eigenvalue weighted by Crippen LogP contribution is -2.33. The van der Waals surface area contributed by atoms with E-state index < -0.39 is 0 Å². The first kappa shape index (κ1) is 13.3. The lowest BCUT2D eigenvalue weighted by atomic mass is 10.2. The molecule has 0 saturated heterocycles. The molecule has 0 spiro atoms. The van der Waals surface area contributed by atoms with Gasteiger partial charge in [-0.15, -0.1) is 0 Å². The zero-order chi connectivity index (χ0) is 12.0. The Hall–Kier alpha value is -0.740. The fourth-order valence-corrected chi connectivity index (χ4v) is 2.57. The van der Waals surface area contributed by atoms with Crippen molar-refractivity contribution in [3.63, 3.8) is 0 Å². The summed E-state index contributed by atoms with van der Waals surface area (Å²) in [6, 6.07) is 4.38. The maximum atomic E-state index is 5.89. The van der Waals surface area contributed by atoms with Crippen LogP contribution in [0.2, 0.25) is 0 Å². The van der Waals surface area contributed by atoms with E-state index in [0.717, 1.165) is 30.1 Å². The molecule has 1 atom stereocenters. The number of nitrogen functional groups attached to an aromatic ring is 1. The number of hydrogen-bond acceptors (Lipinski definition) is 4. The molecular weight excluding hydrogens is 218 g/mol. The van der Waals surface area contributed by atoms with Crippen molar-refractivity contribution in [3.8, 4) is 0 Å². The summed E-state index contributed by atoms with van der Waals surface area (Å²) in [5.41, 5.74) is 7.65. The number of hydrogen-bond donors (Lipinski definition) is 1. The second-order valence-electron chi connectivity index (χ2n) is 3.97. The van der Waals surface area contributed by atoms with Gasteiger partial charge in [0.05, 0.1) is 11.4 Å². The molecule has 0 aliphatic rings. The maximum Gasteiger partial charge on any atom is 0.0772 e. The van der Waals surface area contributed by atoms with Gasteiger partial charge in [-0.2, -0.15) is 11.8 Å². The van der Waals surface area contributed by atoms with Crippen LogP contribution in [0.25, 0.3) is 0 Å². The quantitative estimate of drug-likeness (QED) is 0.826. The van der Waals surface area contributed by atoms with Crippen LogP contribution < -0.4 is 5.73 Å². The molecule has 16 heavy (non-hydrogen) atoms. The topological polar surface area (TPSA) is 42.2 Å². The SMILES string of the molecule is CCC(CSC)N(C)Cc1ncccc1N. The van der Waals surface area contributed by atoms with Crippen molar-refractivity contribution in [1.82, 2.24) is 9.88 Å². The third kappa shape index (κ3) is 3.68. The van der Waals surface area contributed by atoms with Gasteiger partial charge in [0.15, 0.2) is 0 Å². The Labute approximate surface area is 102 Å². The van der Waals surface area contributed by atoms with E-state index in [1.807, 2.05) is 23.9 Å². The molecule has 0 aromatic carbocycles. The first-order valence-corrected chi connectivity index (χ1v) is 6.97. The van der Waals surface area contributed by atoms with Crippen LogP contribution in [0.1, 0.15) is 19.0 Å². The number of nitrogens with two attached hydrogens (primary N) is 1. The maximum absolute atomic E-state index is 5.89. The minimum atomic E-state index is 0.594. The van der Waals surface area contributed by atoms with E-state index in [4.69, 9.17) is 5.73 Å². The molecule has 90 valence electrons. The normalized spacial score (nSPS) is 13.0. The van der Waals surface area contributed by atoms with Gasteiger partial charge in [-0.3, -0.25) is 9.88 Å². The predicted molar refractivity (Wildman–Crippen MR) is 72.6 cm³/mol. The number of thioether (sulfide) groups is 1. The number of nitrogens with zero attached hydrogens (tertiary/aromatic N) is 2. The van der Waals surface area contributed by atoms with Crippen LogP contribution >= 0.6 is 11.8 Å². The van der Waals surface area contributed by atoms with E-state index in [0.29, 0.717) is 6.04 Å². The molecule has 0 amide bonds. The lowest BCUT2D eigenvalue weighted by Gasteiger charge is -2.26. The molecule has 1 heterocycles. The van der Waals surface area contributed by atoms with Crippen molar-refractivity contribution in [2.45, 2.75) is 25.9 Å². The summed E-state index contributed by atoms with van der Waals surface area (Å²) in [6.07, 6.45) is 5.10. The van der Waals surface area contributed by atoms with E-state index in [-0.39, 0.29) is 0 Å². The Balaban J connectivity index is 2.62. The van der Waals surface area contributed by atoms with Gasteiger partial charge in [0.1, 0.15) is 0 Å². The minimum Gasteiger partial charge on any atom is -0.397 e. The molecule has 3 nitrogen and oxygen atoms in total. The van der Waals surface area contributed by atoms with E-state index in [9.17, 15) is 0 Å². The second-order valence-corrected chi connectivity index (χ2v) is 4.88. The summed E-state index contributed by atoms with van der Waals surface area (Å²) < 4.78 is 0. The molecule has 0 bridgehead atoms. The molecule has 0 saturated carbocycles. The van der Waals surface area contributed by atoms with Gasteiger partial charge in [0.2, 0.25) is 0 Å². The fourth-order valence-electron chi connectivity index (χ4n) is 1.70. The van der Waals surface area contributed by atoms with Crippen LogP contribution in [0.3, 0.4) is 0 Å². The van der Waals surface area contributed by atoms with E-state index in [1.165, 1.54) is 0 Å². The Bertz CT molecular complexity index is 317. The van der Waals surface area contributed by atoms with Gasteiger partial charge in [-0.05, 0) is 31.9 Å². The molecule has 2 N–H and O–H groups in total. The van der Waals surface area contributed by atoms with Crippen LogP contribution in [0.4, 0.5) is 5.69 Å². The highest BCUT2D eigenvalue weighted by Gasteiger charge is 2.13. The lowest BCUT2D eigenvalue weighted by molar-refractivity contribution is 0.245. The Kier molecular flexibility index (Phi) is 5.63. The Morgan fingerprint density at radius 1 is 1.56 bits per heavy atom. The van der Waals surface area contributed by atoms with Crippen molar-refractivity contribution >= 4 is 17.4 Å². The van der Waals surface area contributed by atoms with Crippen LogP contribution in [0, 0.1) is 0 Å². The van der Waals surface area contributed by atoms with Crippen molar-refractivity contribution in [2.24, 2.45) is 0 Å². The zero-order valence-corrected chi connectivity index (χ0v) is 11.1. The molecular formula is C12H21N3S. The third-order valence-electron chi connectivity index (χ3n) is 2.78. The molecule has 1 aromatic rings. The largest absolute Gasteiger partial charge is 0.397 e. The van der Waals surface area contributed by atoms with Crippen LogP contribution in [-0.4, -0.2) is 35.0 Å². The number of pyridine rings is 1. The molecule has 0 aliphatic heterocycles. The summed E-state index contributed by atoms with van der Waals surface area (Å²) >= 11 is 1.88. The Morgan fingerprint density at radius 3 is 2.88 bits per heavy atom. The summed E-state index contributed by atoms with van der Waals surface area (Å²) in [4.78, 5) is 6.65. The van der Waals surface area contributed by atoms with E-state index in [1.54, 1.807) is 6.20 Å². The first-order chi connectivity index (χ1) is 7.69. The van der Waals surface area contributed by atoms with Crippen LogP contribution in [0.5, 0.6) is 0 Å². The van der Waals surface area contributed by atoms with Gasteiger partial charge in [0.25, 0.3) is 0 Å². The molecule has 4 heteroatoms. The third-order valence-corrected chi connectivity index (χ3v) is 3.50. The fraction of sp³-hybridized carbons (Fsp3) is 0.583. The van der Waals surface area contributed by atoms with Gasteiger partial charge >= 0.3 is 0 Å². The highest BCUT2D eigenvalue weighted by molar-refractivity contribution is 7.98. The van der Waals surface area contributed by atoms with E-state index >= 15 is 0 Å². The van der Waals surface area contributed by atoms with Gasteiger partial charge in [0, 0.05) is 24.5 Å². The molecule has 0 fully saturated rings. The molecule has 1 unspecified atom stereocenters. The van der Waals surface area contributed by atoms with Crippen LogP contribution in [0.15, 0.2) is 18.3 Å². The molecule has 0 aliphatic carbocycles. The minimum absolute atomic E-state index is 0.594. The molecule has 1 rings (SSSR count). The highest BCUT2D eigenvalue weighted by atomic mass is 32.2. The average Bonchev–Trinajstić information content (AvgIpc) is 2.29. The van der Waals surface area contributed by atoms with E-state index in [2.05, 4.69) is 30.1 Å². The standard InChI is InChI=1S/C12H21N3S/c1-4-10(9-16-3)15(2)8-12-11(13)6-5-7-14-12/h5-7,10H,4,8-9,13H2,1-3H3. The number of anilines is 1. The number of rotatable bonds is 6. The van der Waals surface area contributed by atoms with Gasteiger partial charge in [-0.1, -0.05) is 6.92 Å². The molecule has 1 aromatic heterocycles. The highest BCUT2D eigenvalue weighted by Crippen LogP contribution is 2.14. The summed E-state index contributed by atoms with van der Waals surface area (Å²) in [7, 11) is 2.14. The monoisotopic (exact) mass is 239 g/mol. The van der Waals surface area contributed by atoms with Crippen molar-refractivity contribution in [2.75, 3.05) is 24.8 Å². The summed E-state index contributed by atoms with van der Waals surface area (Å²) in [5.74, 6) is 1.15. The average molecular weight is 239 g/mol. The zero-order valence-electron chi connectivity index (χ0n) is 10.3. The summed E-state index contributed by atoms with van der Waals surface area (Å²) in [5, 5.41) is 0. The summed E-state index contributed by atoms with van der Waals surface area (Å²) in [6.45, 7) is 3.05. The first-order valence-electron chi connectivity index (χ1n) is 5.57. The van der Waals surface area contributed by atoms with Crippen molar-refractivity contribution < 1.29 is 0 Å². The second kappa shape index (κ2) is 6.76. The number of aromatic nitrogens is 1. The van der Waals surface area contributed by atoms with Crippen molar-refractivity contribution in [1.29, 1.82) is 0 Å². The van der Waals surface area contributed by atoms with Crippen LogP contribution in [-0.2, 0) is 6.54 Å². The molecule has 0 radical (unpaired) electrons. The smallest absolute Gasteiger partial charge is 0.0772 e. The Morgan fingerprint density at radius 2 is 2.31 bits per heavy atom. The van der Waals surface area contributed by atoms with Gasteiger partial charge in [-0.25, -0.2) is 0 Å². The van der Waals surface area contributed by atoms with Gasteiger partial charge < -0.3 is 5.73 Å². The predicted octanol–water partition coefficient (Wildman–Crippen LogP) is 2.24. The van der Waals surface area contributed by atoms with Crippen molar-refractivity contribution in [3.05, 3.63) is 24.0 Å².